The van der Waals surface area contributed by atoms with Gasteiger partial charge in [0.15, 0.2) is 0 Å². The quantitative estimate of drug-likeness (QED) is 0.676. The molecule has 0 fully saturated rings. The molecule has 74 valence electrons. The van der Waals surface area contributed by atoms with Gasteiger partial charge >= 0.3 is 0 Å². The van der Waals surface area contributed by atoms with Crippen molar-refractivity contribution in [1.29, 1.82) is 0 Å². The van der Waals surface area contributed by atoms with E-state index >= 15 is 0 Å². The summed E-state index contributed by atoms with van der Waals surface area (Å²) in [5.41, 5.74) is 6.31. The maximum absolute atomic E-state index is 10.2. The number of hydrogen-bond acceptors (Lipinski definition) is 2. The van der Waals surface area contributed by atoms with Crippen LogP contribution in [0.5, 0.6) is 0 Å². The minimum atomic E-state index is 0.775. The van der Waals surface area contributed by atoms with Crippen LogP contribution >= 0.6 is 0 Å². The van der Waals surface area contributed by atoms with Crippen LogP contribution in [0.15, 0.2) is 24.3 Å². The van der Waals surface area contributed by atoms with Gasteiger partial charge in [0.2, 0.25) is 0 Å². The average molecular weight is 181 g/mol. The van der Waals surface area contributed by atoms with Crippen LogP contribution in [0, 0.1) is 6.92 Å². The second-order valence-corrected chi connectivity index (χ2v) is 1.97. The predicted octanol–water partition coefficient (Wildman–Crippen LogP) is 2.41. The molecule has 0 bridgehead atoms. The Morgan fingerprint density at radius 2 is 1.62 bits per heavy atom. The topological polar surface area (TPSA) is 43.1 Å². The highest BCUT2D eigenvalue weighted by molar-refractivity contribution is 5.76. The first-order valence-corrected chi connectivity index (χ1v) is 4.43. The maximum atomic E-state index is 10.2. The number of aryl methyl sites for hydroxylation is 1. The maximum Gasteiger partial charge on any atom is 0.150 e. The lowest BCUT2D eigenvalue weighted by Gasteiger charge is -1.92. The summed E-state index contributed by atoms with van der Waals surface area (Å²) in [6, 6.07) is 7.51. The summed E-state index contributed by atoms with van der Waals surface area (Å²) in [5.74, 6) is 0. The number of rotatable bonds is 1. The van der Waals surface area contributed by atoms with E-state index in [4.69, 9.17) is 0 Å². The fourth-order valence-electron chi connectivity index (χ4n) is 0.719. The Morgan fingerprint density at radius 1 is 1.15 bits per heavy atom. The second kappa shape index (κ2) is 10.8. The molecule has 0 unspecified atom stereocenters. The molecule has 1 rings (SSSR count). The zero-order valence-corrected chi connectivity index (χ0v) is 8.87. The van der Waals surface area contributed by atoms with Crippen molar-refractivity contribution in [2.45, 2.75) is 20.8 Å². The zero-order valence-electron chi connectivity index (χ0n) is 8.87. The van der Waals surface area contributed by atoms with Crippen LogP contribution in [0.2, 0.25) is 0 Å². The molecule has 0 amide bonds. The molecule has 2 heteroatoms. The first-order chi connectivity index (χ1) is 6.34. The van der Waals surface area contributed by atoms with E-state index in [0.717, 1.165) is 17.4 Å². The van der Waals surface area contributed by atoms with E-state index in [2.05, 4.69) is 5.73 Å². The average Bonchev–Trinajstić information content (AvgIpc) is 2.24. The Balaban J connectivity index is 0. The van der Waals surface area contributed by atoms with Crippen LogP contribution in [0.4, 0.5) is 0 Å². The molecule has 0 aliphatic heterocycles. The van der Waals surface area contributed by atoms with Gasteiger partial charge in [-0.2, -0.15) is 0 Å². The van der Waals surface area contributed by atoms with Crippen molar-refractivity contribution in [2.24, 2.45) is 5.73 Å². The van der Waals surface area contributed by atoms with Gasteiger partial charge in [-0.3, -0.25) is 4.79 Å². The normalized spacial score (nSPS) is 7.15. The van der Waals surface area contributed by atoms with Gasteiger partial charge in [0.1, 0.15) is 6.29 Å². The van der Waals surface area contributed by atoms with Gasteiger partial charge in [0.25, 0.3) is 0 Å². The van der Waals surface area contributed by atoms with Crippen LogP contribution in [-0.2, 0) is 0 Å². The minimum absolute atomic E-state index is 0.775. The smallest absolute Gasteiger partial charge is 0.150 e. The lowest BCUT2D eigenvalue weighted by Crippen LogP contribution is -1.82. The first kappa shape index (κ1) is 14.4. The van der Waals surface area contributed by atoms with Gasteiger partial charge < -0.3 is 5.73 Å². The number of aldehydes is 1. The van der Waals surface area contributed by atoms with E-state index in [9.17, 15) is 4.79 Å². The molecular formula is C11H19NO. The number of benzene rings is 1. The second-order valence-electron chi connectivity index (χ2n) is 1.97. The summed E-state index contributed by atoms with van der Waals surface area (Å²) >= 11 is 0. The van der Waals surface area contributed by atoms with Crippen molar-refractivity contribution >= 4 is 6.29 Å². The molecule has 0 aromatic heterocycles. The Kier molecular flexibility index (Phi) is 12.0. The summed E-state index contributed by atoms with van der Waals surface area (Å²) in [6.45, 7) is 5.92. The first-order valence-electron chi connectivity index (χ1n) is 4.43. The lowest BCUT2D eigenvalue weighted by atomic mass is 10.1. The molecule has 13 heavy (non-hydrogen) atoms. The van der Waals surface area contributed by atoms with Gasteiger partial charge in [-0.25, -0.2) is 0 Å². The minimum Gasteiger partial charge on any atom is -0.333 e. The van der Waals surface area contributed by atoms with Gasteiger partial charge in [-0.1, -0.05) is 38.1 Å². The molecule has 1 aromatic carbocycles. The highest BCUT2D eigenvalue weighted by Crippen LogP contribution is 2.02. The molecule has 2 nitrogen and oxygen atoms in total. The van der Waals surface area contributed by atoms with Gasteiger partial charge in [0, 0.05) is 5.56 Å². The Bertz CT molecular complexity index is 221. The molecule has 0 spiro atoms. The molecule has 2 N–H and O–H groups in total. The summed E-state index contributed by atoms with van der Waals surface area (Å²) in [6.07, 6.45) is 0.870. The van der Waals surface area contributed by atoms with Crippen molar-refractivity contribution in [3.63, 3.8) is 0 Å². The van der Waals surface area contributed by atoms with Gasteiger partial charge in [-0.05, 0) is 19.5 Å². The summed E-state index contributed by atoms with van der Waals surface area (Å²) in [7, 11) is 1.50. The van der Waals surface area contributed by atoms with Crippen LogP contribution in [0.3, 0.4) is 0 Å². The number of carbonyl (C=O) groups is 1. The Hall–Kier alpha value is -1.15. The molecule has 1 aromatic rings. The molecule has 0 saturated heterocycles. The van der Waals surface area contributed by atoms with Crippen LogP contribution in [0.25, 0.3) is 0 Å². The van der Waals surface area contributed by atoms with E-state index < -0.39 is 0 Å². The largest absolute Gasteiger partial charge is 0.333 e. The third-order valence-corrected chi connectivity index (χ3v) is 1.32. The van der Waals surface area contributed by atoms with Crippen LogP contribution in [0.1, 0.15) is 29.8 Å². The summed E-state index contributed by atoms with van der Waals surface area (Å²) < 4.78 is 0. The van der Waals surface area contributed by atoms with Crippen molar-refractivity contribution in [1.82, 2.24) is 0 Å². The Labute approximate surface area is 80.8 Å². The van der Waals surface area contributed by atoms with Gasteiger partial charge in [0.05, 0.1) is 0 Å². The molecule has 0 aliphatic rings. The molecule has 0 heterocycles. The number of nitrogens with two attached hydrogens (primary N) is 1. The van der Waals surface area contributed by atoms with E-state index in [0.29, 0.717) is 0 Å². The predicted molar refractivity (Wildman–Crippen MR) is 58.0 cm³/mol. The van der Waals surface area contributed by atoms with E-state index in [1.807, 2.05) is 45.0 Å². The monoisotopic (exact) mass is 181 g/mol. The Morgan fingerprint density at radius 3 is 1.92 bits per heavy atom. The van der Waals surface area contributed by atoms with Crippen molar-refractivity contribution in [2.75, 3.05) is 7.05 Å². The SMILES string of the molecule is CC.CN.Cc1ccccc1C=O. The molecule has 0 saturated carbocycles. The summed E-state index contributed by atoms with van der Waals surface area (Å²) in [5, 5.41) is 0. The third kappa shape index (κ3) is 6.05. The number of hydrogen-bond donors (Lipinski definition) is 1. The van der Waals surface area contributed by atoms with E-state index in [1.165, 1.54) is 7.05 Å². The van der Waals surface area contributed by atoms with E-state index in [-0.39, 0.29) is 0 Å². The fraction of sp³-hybridized carbons (Fsp3) is 0.364. The molecule has 0 aliphatic carbocycles. The molecule has 0 atom stereocenters. The summed E-state index contributed by atoms with van der Waals surface area (Å²) in [4.78, 5) is 10.2. The number of carbonyl (C=O) groups excluding carboxylic acids is 1. The third-order valence-electron chi connectivity index (χ3n) is 1.32. The highest BCUT2D eigenvalue weighted by atomic mass is 16.1. The highest BCUT2D eigenvalue weighted by Gasteiger charge is 1.90. The van der Waals surface area contributed by atoms with Gasteiger partial charge in [-0.15, -0.1) is 0 Å². The van der Waals surface area contributed by atoms with E-state index in [1.54, 1.807) is 0 Å². The standard InChI is InChI=1S/C8H8O.C2H6.CH5N/c1-7-4-2-3-5-8(7)6-9;2*1-2/h2-6H,1H3;1-2H3;2H2,1H3. The zero-order chi connectivity index (χ0) is 10.7. The molecule has 0 radical (unpaired) electrons. The molecular weight excluding hydrogens is 162 g/mol. The van der Waals surface area contributed by atoms with Crippen molar-refractivity contribution in [3.8, 4) is 0 Å². The van der Waals surface area contributed by atoms with Crippen molar-refractivity contribution < 1.29 is 4.79 Å². The van der Waals surface area contributed by atoms with Crippen LogP contribution < -0.4 is 5.73 Å². The lowest BCUT2D eigenvalue weighted by molar-refractivity contribution is 0.112. The van der Waals surface area contributed by atoms with Crippen LogP contribution in [-0.4, -0.2) is 13.3 Å². The fourth-order valence-corrected chi connectivity index (χ4v) is 0.719. The van der Waals surface area contributed by atoms with Crippen molar-refractivity contribution in [3.05, 3.63) is 35.4 Å².